The second-order valence-corrected chi connectivity index (χ2v) is 4.11. The molecule has 0 N–H and O–H groups in total. The highest BCUT2D eigenvalue weighted by Gasteiger charge is 2.17. The molecule has 0 aliphatic rings. The van der Waals surface area contributed by atoms with E-state index in [4.69, 9.17) is 11.6 Å². The van der Waals surface area contributed by atoms with Crippen LogP contribution < -0.4 is 0 Å². The summed E-state index contributed by atoms with van der Waals surface area (Å²) in [6.07, 6.45) is 1.35. The van der Waals surface area contributed by atoms with Gasteiger partial charge in [0.05, 0.1) is 16.8 Å². The number of carbonyl (C=O) groups excluding carboxylic acids is 2. The lowest BCUT2D eigenvalue weighted by Gasteiger charge is -2.05. The molecule has 0 bridgehead atoms. The molecule has 0 saturated carbocycles. The van der Waals surface area contributed by atoms with Gasteiger partial charge in [-0.2, -0.15) is 4.99 Å². The molecule has 5 heteroatoms. The Kier molecular flexibility index (Phi) is 3.85. The second-order valence-electron chi connectivity index (χ2n) is 3.67. The van der Waals surface area contributed by atoms with Gasteiger partial charge < -0.3 is 0 Å². The van der Waals surface area contributed by atoms with Crippen LogP contribution in [0.5, 0.6) is 0 Å². The maximum atomic E-state index is 13.6. The molecule has 0 spiro atoms. The van der Waals surface area contributed by atoms with Crippen molar-refractivity contribution >= 4 is 29.2 Å². The summed E-state index contributed by atoms with van der Waals surface area (Å²) < 4.78 is 13.6. The van der Waals surface area contributed by atoms with Crippen LogP contribution in [-0.4, -0.2) is 11.9 Å². The van der Waals surface area contributed by atoms with E-state index in [1.807, 2.05) is 0 Å². The highest BCUT2D eigenvalue weighted by Crippen LogP contribution is 2.26. The SMILES string of the molecule is O=C=Nc1ccc(Cl)cc1C(=O)c1ccccc1F. The lowest BCUT2D eigenvalue weighted by molar-refractivity contribution is 0.103. The number of hydrogen-bond acceptors (Lipinski definition) is 3. The summed E-state index contributed by atoms with van der Waals surface area (Å²) >= 11 is 5.80. The number of ketones is 1. The van der Waals surface area contributed by atoms with E-state index in [2.05, 4.69) is 4.99 Å². The standard InChI is InChI=1S/C14H7ClFNO2/c15-9-5-6-13(17-8-18)11(7-9)14(19)10-3-1-2-4-12(10)16/h1-7H. The first-order valence-corrected chi connectivity index (χ1v) is 5.68. The minimum absolute atomic E-state index is 0.0564. The van der Waals surface area contributed by atoms with Gasteiger partial charge in [0.25, 0.3) is 0 Å². The van der Waals surface area contributed by atoms with Gasteiger partial charge in [-0.25, -0.2) is 9.18 Å². The van der Waals surface area contributed by atoms with E-state index in [1.54, 1.807) is 6.07 Å². The molecule has 2 rings (SSSR count). The van der Waals surface area contributed by atoms with Gasteiger partial charge in [0.15, 0.2) is 5.78 Å². The smallest absolute Gasteiger partial charge is 0.240 e. The van der Waals surface area contributed by atoms with Crippen molar-refractivity contribution in [2.45, 2.75) is 0 Å². The first kappa shape index (κ1) is 13.1. The summed E-state index contributed by atoms with van der Waals surface area (Å²) in [5.74, 6) is -1.23. The third-order valence-corrected chi connectivity index (χ3v) is 2.72. The van der Waals surface area contributed by atoms with Crippen molar-refractivity contribution < 1.29 is 14.0 Å². The van der Waals surface area contributed by atoms with Crippen LogP contribution in [-0.2, 0) is 4.79 Å². The van der Waals surface area contributed by atoms with Crippen molar-refractivity contribution in [3.8, 4) is 0 Å². The maximum absolute atomic E-state index is 13.6. The fourth-order valence-corrected chi connectivity index (χ4v) is 1.80. The molecule has 0 aliphatic heterocycles. The molecule has 0 aromatic heterocycles. The molecule has 0 atom stereocenters. The lowest BCUT2D eigenvalue weighted by atomic mass is 10.0. The van der Waals surface area contributed by atoms with Crippen molar-refractivity contribution in [2.24, 2.45) is 4.99 Å². The van der Waals surface area contributed by atoms with Gasteiger partial charge in [-0.3, -0.25) is 4.79 Å². The Hall–Kier alpha value is -2.29. The first-order chi connectivity index (χ1) is 9.13. The van der Waals surface area contributed by atoms with Gasteiger partial charge in [-0.15, -0.1) is 0 Å². The van der Waals surface area contributed by atoms with Crippen LogP contribution in [0.1, 0.15) is 15.9 Å². The van der Waals surface area contributed by atoms with Crippen molar-refractivity contribution in [1.29, 1.82) is 0 Å². The summed E-state index contributed by atoms with van der Waals surface area (Å²) in [6.45, 7) is 0. The Balaban J connectivity index is 2.58. The molecule has 0 radical (unpaired) electrons. The van der Waals surface area contributed by atoms with E-state index in [9.17, 15) is 14.0 Å². The zero-order valence-electron chi connectivity index (χ0n) is 9.56. The van der Waals surface area contributed by atoms with Crippen molar-refractivity contribution in [3.63, 3.8) is 0 Å². The quantitative estimate of drug-likeness (QED) is 0.487. The third kappa shape index (κ3) is 2.76. The van der Waals surface area contributed by atoms with Crippen LogP contribution >= 0.6 is 11.6 Å². The minimum atomic E-state index is -0.645. The van der Waals surface area contributed by atoms with Gasteiger partial charge in [0.2, 0.25) is 6.08 Å². The van der Waals surface area contributed by atoms with Gasteiger partial charge in [0.1, 0.15) is 5.82 Å². The van der Waals surface area contributed by atoms with Crippen molar-refractivity contribution in [3.05, 3.63) is 64.4 Å². The summed E-state index contributed by atoms with van der Waals surface area (Å²) in [7, 11) is 0. The molecule has 0 aliphatic carbocycles. The molecule has 2 aromatic carbocycles. The normalized spacial score (nSPS) is 9.79. The monoisotopic (exact) mass is 275 g/mol. The van der Waals surface area contributed by atoms with E-state index in [0.717, 1.165) is 0 Å². The number of benzene rings is 2. The molecular formula is C14H7ClFNO2. The van der Waals surface area contributed by atoms with E-state index < -0.39 is 11.6 Å². The molecule has 3 nitrogen and oxygen atoms in total. The molecule has 0 amide bonds. The fraction of sp³-hybridized carbons (Fsp3) is 0. The largest absolute Gasteiger partial charge is 0.288 e. The van der Waals surface area contributed by atoms with Crippen LogP contribution in [0.3, 0.4) is 0 Å². The Labute approximate surface area is 113 Å². The molecule has 0 unspecified atom stereocenters. The van der Waals surface area contributed by atoms with E-state index in [1.165, 1.54) is 42.5 Å². The zero-order valence-corrected chi connectivity index (χ0v) is 10.3. The van der Waals surface area contributed by atoms with E-state index in [-0.39, 0.29) is 16.8 Å². The molecule has 0 saturated heterocycles. The Morgan fingerprint density at radius 3 is 2.58 bits per heavy atom. The van der Waals surface area contributed by atoms with Crippen LogP contribution in [0.2, 0.25) is 5.02 Å². The highest BCUT2D eigenvalue weighted by molar-refractivity contribution is 6.31. The van der Waals surface area contributed by atoms with Crippen molar-refractivity contribution in [1.82, 2.24) is 0 Å². The molecule has 0 fully saturated rings. The Morgan fingerprint density at radius 2 is 1.89 bits per heavy atom. The topological polar surface area (TPSA) is 46.5 Å². The number of nitrogens with zero attached hydrogens (tertiary/aromatic N) is 1. The predicted octanol–water partition coefficient (Wildman–Crippen LogP) is 3.68. The minimum Gasteiger partial charge on any atom is -0.288 e. The predicted molar refractivity (Wildman–Crippen MR) is 69.1 cm³/mol. The summed E-state index contributed by atoms with van der Waals surface area (Å²) in [6, 6.07) is 9.79. The molecule has 2 aromatic rings. The van der Waals surface area contributed by atoms with E-state index in [0.29, 0.717) is 5.02 Å². The maximum Gasteiger partial charge on any atom is 0.240 e. The van der Waals surface area contributed by atoms with Gasteiger partial charge >= 0.3 is 0 Å². The fourth-order valence-electron chi connectivity index (χ4n) is 1.63. The Morgan fingerprint density at radius 1 is 1.16 bits per heavy atom. The number of aliphatic imine (C=N–C) groups is 1. The average Bonchev–Trinajstić information content (AvgIpc) is 2.41. The second kappa shape index (κ2) is 5.57. The number of halogens is 2. The van der Waals surface area contributed by atoms with Crippen LogP contribution in [0.25, 0.3) is 0 Å². The van der Waals surface area contributed by atoms with Crippen LogP contribution in [0.15, 0.2) is 47.5 Å². The Bertz CT molecular complexity index is 694. The van der Waals surface area contributed by atoms with Gasteiger partial charge in [0, 0.05) is 5.02 Å². The third-order valence-electron chi connectivity index (χ3n) is 2.49. The lowest BCUT2D eigenvalue weighted by Crippen LogP contribution is -2.04. The van der Waals surface area contributed by atoms with Gasteiger partial charge in [-0.05, 0) is 30.3 Å². The zero-order chi connectivity index (χ0) is 13.8. The van der Waals surface area contributed by atoms with Crippen LogP contribution in [0, 0.1) is 5.82 Å². The highest BCUT2D eigenvalue weighted by atomic mass is 35.5. The average molecular weight is 276 g/mol. The molecule has 0 heterocycles. The van der Waals surface area contributed by atoms with Crippen LogP contribution in [0.4, 0.5) is 10.1 Å². The number of carbonyl (C=O) groups is 1. The van der Waals surface area contributed by atoms with Gasteiger partial charge in [-0.1, -0.05) is 23.7 Å². The summed E-state index contributed by atoms with van der Waals surface area (Å²) in [4.78, 5) is 26.0. The van der Waals surface area contributed by atoms with Crippen molar-refractivity contribution in [2.75, 3.05) is 0 Å². The summed E-state index contributed by atoms with van der Waals surface area (Å²) in [5, 5.41) is 0.296. The summed E-state index contributed by atoms with van der Waals surface area (Å²) in [5.41, 5.74) is 0.0562. The molecule has 94 valence electrons. The number of hydrogen-bond donors (Lipinski definition) is 0. The molecular weight excluding hydrogens is 269 g/mol. The number of isocyanates is 1. The van der Waals surface area contributed by atoms with E-state index >= 15 is 0 Å². The first-order valence-electron chi connectivity index (χ1n) is 5.30. The molecule has 19 heavy (non-hydrogen) atoms. The number of rotatable bonds is 3.